The number of rotatable bonds is 3. The minimum absolute atomic E-state index is 0.227. The van der Waals surface area contributed by atoms with Gasteiger partial charge in [0.2, 0.25) is 5.65 Å². The summed E-state index contributed by atoms with van der Waals surface area (Å²) in [6.45, 7) is 0. The van der Waals surface area contributed by atoms with Crippen LogP contribution in [0.5, 0.6) is 0 Å². The monoisotopic (exact) mass is 207 g/mol. The first-order valence-corrected chi connectivity index (χ1v) is 4.30. The minimum Gasteiger partial charge on any atom is -0.480 e. The molecule has 0 fully saturated rings. The number of nitrogens with two attached hydrogens (primary N) is 1. The van der Waals surface area contributed by atoms with Gasteiger partial charge in [-0.2, -0.15) is 10.3 Å². The van der Waals surface area contributed by atoms with Crippen LogP contribution in [-0.4, -0.2) is 37.5 Å². The van der Waals surface area contributed by atoms with Gasteiger partial charge in [-0.15, -0.1) is 5.10 Å². The molecule has 0 aliphatic carbocycles. The predicted octanol–water partition coefficient (Wildman–Crippen LogP) is -0.693. The van der Waals surface area contributed by atoms with E-state index in [0.29, 0.717) is 11.2 Å². The standard InChI is InChI=1S/C8H9N5O2/c9-5(8(14)15)1-4-2-6-7(10-3-4)12-13-11-6/h2-3,5H,1,9H2,(H,14,15)(H,10,11,12,13). The molecule has 2 aromatic heterocycles. The Morgan fingerprint density at radius 3 is 3.13 bits per heavy atom. The van der Waals surface area contributed by atoms with E-state index in [1.54, 1.807) is 12.3 Å². The minimum atomic E-state index is -1.03. The van der Waals surface area contributed by atoms with E-state index >= 15 is 0 Å². The normalized spacial score (nSPS) is 12.9. The smallest absolute Gasteiger partial charge is 0.320 e. The van der Waals surface area contributed by atoms with E-state index in [9.17, 15) is 4.79 Å². The molecule has 0 saturated heterocycles. The molecule has 0 bridgehead atoms. The first kappa shape index (κ1) is 9.53. The molecular weight excluding hydrogens is 198 g/mol. The van der Waals surface area contributed by atoms with Gasteiger partial charge < -0.3 is 10.8 Å². The molecule has 78 valence electrons. The summed E-state index contributed by atoms with van der Waals surface area (Å²) >= 11 is 0. The molecule has 2 rings (SSSR count). The van der Waals surface area contributed by atoms with Crippen LogP contribution in [0.1, 0.15) is 5.56 Å². The van der Waals surface area contributed by atoms with Gasteiger partial charge >= 0.3 is 5.97 Å². The van der Waals surface area contributed by atoms with Gasteiger partial charge in [-0.25, -0.2) is 4.98 Å². The Morgan fingerprint density at radius 1 is 1.60 bits per heavy atom. The molecule has 1 unspecified atom stereocenters. The van der Waals surface area contributed by atoms with Gasteiger partial charge in [0.25, 0.3) is 0 Å². The van der Waals surface area contributed by atoms with Crippen LogP contribution < -0.4 is 5.73 Å². The van der Waals surface area contributed by atoms with E-state index in [1.807, 2.05) is 0 Å². The van der Waals surface area contributed by atoms with E-state index < -0.39 is 12.0 Å². The Hall–Kier alpha value is -2.02. The first-order valence-electron chi connectivity index (χ1n) is 4.30. The Bertz CT molecular complexity index is 494. The van der Waals surface area contributed by atoms with Crippen molar-refractivity contribution in [1.29, 1.82) is 0 Å². The summed E-state index contributed by atoms with van der Waals surface area (Å²) < 4.78 is 0. The predicted molar refractivity (Wildman–Crippen MR) is 51.0 cm³/mol. The van der Waals surface area contributed by atoms with E-state index in [4.69, 9.17) is 10.8 Å². The lowest BCUT2D eigenvalue weighted by Crippen LogP contribution is -2.32. The van der Waals surface area contributed by atoms with Crippen molar-refractivity contribution in [1.82, 2.24) is 20.4 Å². The maximum absolute atomic E-state index is 10.5. The van der Waals surface area contributed by atoms with Crippen LogP contribution in [0.3, 0.4) is 0 Å². The maximum Gasteiger partial charge on any atom is 0.320 e. The number of nitrogens with one attached hydrogen (secondary N) is 1. The third-order valence-electron chi connectivity index (χ3n) is 2.00. The summed E-state index contributed by atoms with van der Waals surface area (Å²) in [4.78, 5) is 14.5. The number of pyridine rings is 1. The van der Waals surface area contributed by atoms with Crippen molar-refractivity contribution >= 4 is 17.1 Å². The second-order valence-electron chi connectivity index (χ2n) is 3.16. The zero-order valence-electron chi connectivity index (χ0n) is 7.71. The van der Waals surface area contributed by atoms with Crippen LogP contribution in [0, 0.1) is 0 Å². The summed E-state index contributed by atoms with van der Waals surface area (Å²) in [5, 5.41) is 18.7. The Labute approximate surface area is 84.3 Å². The van der Waals surface area contributed by atoms with Crippen molar-refractivity contribution in [3.63, 3.8) is 0 Å². The first-order chi connectivity index (χ1) is 7.16. The fraction of sp³-hybridized carbons (Fsp3) is 0.250. The van der Waals surface area contributed by atoms with Crippen molar-refractivity contribution in [3.8, 4) is 0 Å². The van der Waals surface area contributed by atoms with Crippen LogP contribution in [0.4, 0.5) is 0 Å². The van der Waals surface area contributed by atoms with Gasteiger partial charge in [-0.1, -0.05) is 0 Å². The molecule has 0 spiro atoms. The molecule has 0 amide bonds. The number of hydrogen-bond acceptors (Lipinski definition) is 5. The fourth-order valence-corrected chi connectivity index (χ4v) is 1.24. The number of aromatic nitrogens is 4. The lowest BCUT2D eigenvalue weighted by atomic mass is 10.1. The molecule has 0 aliphatic heterocycles. The van der Waals surface area contributed by atoms with Gasteiger partial charge in [0.15, 0.2) is 0 Å². The second-order valence-corrected chi connectivity index (χ2v) is 3.16. The van der Waals surface area contributed by atoms with E-state index in [0.717, 1.165) is 5.56 Å². The van der Waals surface area contributed by atoms with Crippen molar-refractivity contribution in [2.24, 2.45) is 5.73 Å². The lowest BCUT2D eigenvalue weighted by Gasteiger charge is -2.04. The summed E-state index contributed by atoms with van der Waals surface area (Å²) in [5.41, 5.74) is 7.23. The van der Waals surface area contributed by atoms with Gasteiger partial charge in [-0.05, 0) is 18.1 Å². The number of fused-ring (bicyclic) bond motifs is 1. The molecule has 0 aliphatic rings. The molecule has 1 atom stereocenters. The molecule has 7 nitrogen and oxygen atoms in total. The van der Waals surface area contributed by atoms with Crippen LogP contribution in [0.15, 0.2) is 12.3 Å². The number of nitrogens with zero attached hydrogens (tertiary/aromatic N) is 3. The zero-order valence-corrected chi connectivity index (χ0v) is 7.71. The Balaban J connectivity index is 2.24. The summed E-state index contributed by atoms with van der Waals surface area (Å²) in [7, 11) is 0. The van der Waals surface area contributed by atoms with E-state index in [2.05, 4.69) is 20.4 Å². The third kappa shape index (κ3) is 1.91. The van der Waals surface area contributed by atoms with Gasteiger partial charge in [-0.3, -0.25) is 4.79 Å². The number of aliphatic carboxylic acids is 1. The topological polar surface area (TPSA) is 118 Å². The number of aromatic amines is 1. The molecular formula is C8H9N5O2. The molecule has 0 saturated carbocycles. The molecule has 2 aromatic rings. The molecule has 0 radical (unpaired) electrons. The number of carboxylic acid groups (broad SMARTS) is 1. The van der Waals surface area contributed by atoms with E-state index in [1.165, 1.54) is 0 Å². The van der Waals surface area contributed by atoms with Crippen molar-refractivity contribution < 1.29 is 9.90 Å². The highest BCUT2D eigenvalue weighted by atomic mass is 16.4. The maximum atomic E-state index is 10.5. The number of carboxylic acids is 1. The summed E-state index contributed by atoms with van der Waals surface area (Å²) in [6.07, 6.45) is 1.78. The van der Waals surface area contributed by atoms with Crippen LogP contribution in [0.2, 0.25) is 0 Å². The quantitative estimate of drug-likeness (QED) is 0.613. The van der Waals surface area contributed by atoms with Gasteiger partial charge in [0.1, 0.15) is 11.6 Å². The molecule has 0 aromatic carbocycles. The van der Waals surface area contributed by atoms with Crippen molar-refractivity contribution in [2.45, 2.75) is 12.5 Å². The van der Waals surface area contributed by atoms with Crippen LogP contribution >= 0.6 is 0 Å². The van der Waals surface area contributed by atoms with Gasteiger partial charge in [0.05, 0.1) is 0 Å². The summed E-state index contributed by atoms with van der Waals surface area (Å²) in [5.74, 6) is -1.03. The molecule has 7 heteroatoms. The highest BCUT2D eigenvalue weighted by Gasteiger charge is 2.13. The number of H-pyrrole nitrogens is 1. The highest BCUT2D eigenvalue weighted by molar-refractivity contribution is 5.74. The number of hydrogen-bond donors (Lipinski definition) is 3. The van der Waals surface area contributed by atoms with Crippen LogP contribution in [0.25, 0.3) is 11.2 Å². The molecule has 4 N–H and O–H groups in total. The van der Waals surface area contributed by atoms with Gasteiger partial charge in [0, 0.05) is 6.20 Å². The third-order valence-corrected chi connectivity index (χ3v) is 2.00. The average molecular weight is 207 g/mol. The molecule has 15 heavy (non-hydrogen) atoms. The Kier molecular flexibility index (Phi) is 2.30. The Morgan fingerprint density at radius 2 is 2.40 bits per heavy atom. The molecule has 2 heterocycles. The average Bonchev–Trinajstić information content (AvgIpc) is 2.64. The highest BCUT2D eigenvalue weighted by Crippen LogP contribution is 2.08. The lowest BCUT2D eigenvalue weighted by molar-refractivity contribution is -0.138. The SMILES string of the molecule is NC(Cc1cnc2n[nH]nc2c1)C(=O)O. The second kappa shape index (κ2) is 3.62. The van der Waals surface area contributed by atoms with E-state index in [-0.39, 0.29) is 6.42 Å². The zero-order chi connectivity index (χ0) is 10.8. The number of carbonyl (C=O) groups is 1. The van der Waals surface area contributed by atoms with Crippen LogP contribution in [-0.2, 0) is 11.2 Å². The largest absolute Gasteiger partial charge is 0.480 e. The fourth-order valence-electron chi connectivity index (χ4n) is 1.24. The van der Waals surface area contributed by atoms with Crippen molar-refractivity contribution in [3.05, 3.63) is 17.8 Å². The van der Waals surface area contributed by atoms with Crippen molar-refractivity contribution in [2.75, 3.05) is 0 Å². The summed E-state index contributed by atoms with van der Waals surface area (Å²) in [6, 6.07) is 0.797.